The van der Waals surface area contributed by atoms with Gasteiger partial charge in [0, 0.05) is 43.6 Å². The largest absolute Gasteiger partial charge is 0.497 e. The van der Waals surface area contributed by atoms with E-state index in [2.05, 4.69) is 5.32 Å². The molecule has 1 saturated heterocycles. The number of amides is 1. The van der Waals surface area contributed by atoms with Gasteiger partial charge in [0.15, 0.2) is 0 Å². The molecule has 1 unspecified atom stereocenters. The van der Waals surface area contributed by atoms with Crippen molar-refractivity contribution in [3.63, 3.8) is 0 Å². The zero-order valence-corrected chi connectivity index (χ0v) is 14.8. The van der Waals surface area contributed by atoms with Gasteiger partial charge in [-0.15, -0.1) is 12.4 Å². The van der Waals surface area contributed by atoms with Crippen molar-refractivity contribution in [1.82, 2.24) is 10.2 Å². The summed E-state index contributed by atoms with van der Waals surface area (Å²) < 4.78 is 5.16. The molecule has 1 fully saturated rings. The molecule has 1 amide bonds. The van der Waals surface area contributed by atoms with Gasteiger partial charge < -0.3 is 15.0 Å². The van der Waals surface area contributed by atoms with Gasteiger partial charge in [0.25, 0.3) is 0 Å². The van der Waals surface area contributed by atoms with E-state index in [1.165, 1.54) is 0 Å². The maximum Gasteiger partial charge on any atom is 0.224 e. The molecule has 1 aliphatic rings. The second-order valence-corrected chi connectivity index (χ2v) is 6.34. The van der Waals surface area contributed by atoms with Crippen LogP contribution in [0.3, 0.4) is 0 Å². The van der Waals surface area contributed by atoms with Crippen molar-refractivity contribution in [3.05, 3.63) is 29.8 Å². The highest BCUT2D eigenvalue weighted by molar-refractivity contribution is 7.99. The average molecular weight is 345 g/mol. The Hall–Kier alpha value is -0.910. The number of nitrogens with one attached hydrogen (secondary N) is 1. The number of rotatable bonds is 6. The van der Waals surface area contributed by atoms with Crippen molar-refractivity contribution >= 4 is 30.1 Å². The zero-order valence-electron chi connectivity index (χ0n) is 13.2. The third kappa shape index (κ3) is 5.71. The molecule has 0 bridgehead atoms. The van der Waals surface area contributed by atoms with E-state index in [-0.39, 0.29) is 18.3 Å². The number of carbonyl (C=O) groups is 1. The van der Waals surface area contributed by atoms with Gasteiger partial charge in [-0.05, 0) is 24.6 Å². The number of methoxy groups -OCH3 is 1. The molecule has 22 heavy (non-hydrogen) atoms. The van der Waals surface area contributed by atoms with Gasteiger partial charge >= 0.3 is 0 Å². The summed E-state index contributed by atoms with van der Waals surface area (Å²) >= 11 is 1.93. The van der Waals surface area contributed by atoms with Crippen LogP contribution in [0.2, 0.25) is 0 Å². The van der Waals surface area contributed by atoms with Gasteiger partial charge in [0.2, 0.25) is 5.91 Å². The molecule has 1 aromatic carbocycles. The van der Waals surface area contributed by atoms with Crippen LogP contribution in [-0.4, -0.2) is 48.6 Å². The topological polar surface area (TPSA) is 41.6 Å². The maximum atomic E-state index is 12.4. The highest BCUT2D eigenvalue weighted by Crippen LogP contribution is 2.15. The van der Waals surface area contributed by atoms with E-state index < -0.39 is 0 Å². The van der Waals surface area contributed by atoms with Crippen molar-refractivity contribution < 1.29 is 9.53 Å². The molecule has 0 aliphatic carbocycles. The van der Waals surface area contributed by atoms with Crippen LogP contribution in [0.25, 0.3) is 0 Å². The first kappa shape index (κ1) is 19.1. The lowest BCUT2D eigenvalue weighted by molar-refractivity contribution is -0.132. The minimum absolute atomic E-state index is 0. The van der Waals surface area contributed by atoms with Crippen molar-refractivity contribution in [2.75, 3.05) is 31.7 Å². The molecule has 1 atom stereocenters. The van der Waals surface area contributed by atoms with Crippen LogP contribution < -0.4 is 10.1 Å². The number of thioether (sulfide) groups is 1. The standard InChI is InChI=1S/C16H24N2O2S.ClH/c1-3-18(11-13-4-6-15(20-2)7-5-13)16(19)10-14-12-21-9-8-17-14;/h4-7,14,17H,3,8-12H2,1-2H3;1H. The summed E-state index contributed by atoms with van der Waals surface area (Å²) in [5, 5.41) is 3.42. The van der Waals surface area contributed by atoms with E-state index >= 15 is 0 Å². The number of carbonyl (C=O) groups excluding carboxylic acids is 1. The highest BCUT2D eigenvalue weighted by atomic mass is 35.5. The Morgan fingerprint density at radius 2 is 2.14 bits per heavy atom. The molecule has 0 radical (unpaired) electrons. The molecular weight excluding hydrogens is 320 g/mol. The Bertz CT molecular complexity index is 450. The van der Waals surface area contributed by atoms with Crippen molar-refractivity contribution in [3.8, 4) is 5.75 Å². The van der Waals surface area contributed by atoms with Crippen molar-refractivity contribution in [1.29, 1.82) is 0 Å². The third-order valence-corrected chi connectivity index (χ3v) is 4.82. The van der Waals surface area contributed by atoms with Crippen LogP contribution in [0, 0.1) is 0 Å². The summed E-state index contributed by atoms with van der Waals surface area (Å²) in [5.41, 5.74) is 1.14. The van der Waals surface area contributed by atoms with Gasteiger partial charge in [-0.3, -0.25) is 4.79 Å². The third-order valence-electron chi connectivity index (χ3n) is 3.69. The Morgan fingerprint density at radius 3 is 2.68 bits per heavy atom. The van der Waals surface area contributed by atoms with Gasteiger partial charge in [-0.25, -0.2) is 0 Å². The van der Waals surface area contributed by atoms with Gasteiger partial charge in [0.1, 0.15) is 5.75 Å². The number of hydrogen-bond acceptors (Lipinski definition) is 4. The van der Waals surface area contributed by atoms with E-state index in [0.717, 1.165) is 35.9 Å². The number of ether oxygens (including phenoxy) is 1. The summed E-state index contributed by atoms with van der Waals surface area (Å²) in [7, 11) is 1.66. The number of halogens is 1. The predicted molar refractivity (Wildman–Crippen MR) is 95.1 cm³/mol. The predicted octanol–water partition coefficient (Wildman–Crippen LogP) is 2.56. The Morgan fingerprint density at radius 1 is 1.41 bits per heavy atom. The number of benzene rings is 1. The fourth-order valence-electron chi connectivity index (χ4n) is 2.42. The Balaban J connectivity index is 0.00000242. The second-order valence-electron chi connectivity index (χ2n) is 5.19. The first-order valence-electron chi connectivity index (χ1n) is 7.44. The van der Waals surface area contributed by atoms with E-state index in [1.807, 2.05) is 47.9 Å². The monoisotopic (exact) mass is 344 g/mol. The fourth-order valence-corrected chi connectivity index (χ4v) is 3.37. The smallest absolute Gasteiger partial charge is 0.224 e. The SMILES string of the molecule is CCN(Cc1ccc(OC)cc1)C(=O)CC1CSCCN1.Cl. The Kier molecular flexibility index (Phi) is 8.68. The van der Waals surface area contributed by atoms with E-state index in [4.69, 9.17) is 4.74 Å². The van der Waals surface area contributed by atoms with Gasteiger partial charge in [0.05, 0.1) is 7.11 Å². The average Bonchev–Trinajstić information content (AvgIpc) is 2.54. The molecular formula is C16H25ClN2O2S. The van der Waals surface area contributed by atoms with E-state index in [1.54, 1.807) is 7.11 Å². The van der Waals surface area contributed by atoms with Gasteiger partial charge in [-0.1, -0.05) is 12.1 Å². The minimum atomic E-state index is 0. The van der Waals surface area contributed by atoms with Crippen LogP contribution in [0.1, 0.15) is 18.9 Å². The molecule has 124 valence electrons. The second kappa shape index (κ2) is 9.98. The molecule has 6 heteroatoms. The van der Waals surface area contributed by atoms with Crippen LogP contribution >= 0.6 is 24.2 Å². The molecule has 1 heterocycles. The maximum absolute atomic E-state index is 12.4. The molecule has 0 saturated carbocycles. The highest BCUT2D eigenvalue weighted by Gasteiger charge is 2.20. The first-order chi connectivity index (χ1) is 10.2. The molecule has 1 aliphatic heterocycles. The first-order valence-corrected chi connectivity index (χ1v) is 8.60. The molecule has 0 aromatic heterocycles. The summed E-state index contributed by atoms with van der Waals surface area (Å²) in [6, 6.07) is 8.23. The minimum Gasteiger partial charge on any atom is -0.497 e. The summed E-state index contributed by atoms with van der Waals surface area (Å²) in [6.45, 7) is 4.45. The number of nitrogens with zero attached hydrogens (tertiary/aromatic N) is 1. The fraction of sp³-hybridized carbons (Fsp3) is 0.562. The normalized spacial score (nSPS) is 17.5. The van der Waals surface area contributed by atoms with Crippen LogP contribution in [-0.2, 0) is 11.3 Å². The molecule has 1 N–H and O–H groups in total. The van der Waals surface area contributed by atoms with Crippen LogP contribution in [0.15, 0.2) is 24.3 Å². The zero-order chi connectivity index (χ0) is 15.1. The Labute approximate surface area is 143 Å². The van der Waals surface area contributed by atoms with Gasteiger partial charge in [-0.2, -0.15) is 11.8 Å². The van der Waals surface area contributed by atoms with E-state index in [0.29, 0.717) is 19.0 Å². The molecule has 1 aromatic rings. The quantitative estimate of drug-likeness (QED) is 0.861. The molecule has 0 spiro atoms. The lowest BCUT2D eigenvalue weighted by atomic mass is 10.1. The lowest BCUT2D eigenvalue weighted by Gasteiger charge is -2.27. The number of hydrogen-bond donors (Lipinski definition) is 1. The molecule has 4 nitrogen and oxygen atoms in total. The van der Waals surface area contributed by atoms with Crippen LogP contribution in [0.5, 0.6) is 5.75 Å². The lowest BCUT2D eigenvalue weighted by Crippen LogP contribution is -2.42. The summed E-state index contributed by atoms with van der Waals surface area (Å²) in [6.07, 6.45) is 0.594. The van der Waals surface area contributed by atoms with E-state index in [9.17, 15) is 4.79 Å². The summed E-state index contributed by atoms with van der Waals surface area (Å²) in [5.74, 6) is 3.25. The van der Waals surface area contributed by atoms with Crippen molar-refractivity contribution in [2.24, 2.45) is 0 Å². The van der Waals surface area contributed by atoms with Crippen LogP contribution in [0.4, 0.5) is 0 Å². The molecule has 2 rings (SSSR count). The summed E-state index contributed by atoms with van der Waals surface area (Å²) in [4.78, 5) is 14.3. The van der Waals surface area contributed by atoms with Crippen molar-refractivity contribution in [2.45, 2.75) is 25.9 Å².